The van der Waals surface area contributed by atoms with Crippen LogP contribution in [0, 0.1) is 12.8 Å². The van der Waals surface area contributed by atoms with E-state index < -0.39 is 0 Å². The molecule has 27 heavy (non-hydrogen) atoms. The van der Waals surface area contributed by atoms with Crippen molar-refractivity contribution >= 4 is 23.4 Å². The number of benzene rings is 2. The molecule has 0 atom stereocenters. The van der Waals surface area contributed by atoms with Crippen LogP contribution < -0.4 is 0 Å². The second kappa shape index (κ2) is 8.57. The number of carbonyl (C=O) groups excluding carboxylic acids is 2. The lowest BCUT2D eigenvalue weighted by molar-refractivity contribution is -0.136. The second-order valence-corrected chi connectivity index (χ2v) is 7.63. The van der Waals surface area contributed by atoms with Crippen molar-refractivity contribution in [1.82, 2.24) is 9.80 Å². The fraction of sp³-hybridized carbons (Fsp3) is 0.364. The van der Waals surface area contributed by atoms with E-state index in [1.807, 2.05) is 29.0 Å². The van der Waals surface area contributed by atoms with Crippen molar-refractivity contribution in [3.63, 3.8) is 0 Å². The lowest BCUT2D eigenvalue weighted by Crippen LogP contribution is -2.43. The zero-order valence-corrected chi connectivity index (χ0v) is 16.6. The molecule has 0 bridgehead atoms. The van der Waals surface area contributed by atoms with Gasteiger partial charge in [0.15, 0.2) is 0 Å². The molecule has 0 N–H and O–H groups in total. The van der Waals surface area contributed by atoms with Crippen molar-refractivity contribution in [2.24, 2.45) is 5.92 Å². The van der Waals surface area contributed by atoms with Crippen LogP contribution >= 0.6 is 11.6 Å². The first-order chi connectivity index (χ1) is 13.0. The van der Waals surface area contributed by atoms with Crippen LogP contribution in [0.5, 0.6) is 0 Å². The summed E-state index contributed by atoms with van der Waals surface area (Å²) in [4.78, 5) is 29.0. The molecule has 2 aromatic carbocycles. The molecule has 4 nitrogen and oxygen atoms in total. The Kier molecular flexibility index (Phi) is 6.17. The van der Waals surface area contributed by atoms with E-state index in [1.165, 1.54) is 11.1 Å². The molecule has 2 amide bonds. The Hall–Kier alpha value is -2.33. The summed E-state index contributed by atoms with van der Waals surface area (Å²) in [6, 6.07) is 15.1. The Morgan fingerprint density at radius 2 is 1.70 bits per heavy atom. The molecule has 0 unspecified atom stereocenters. The first kappa shape index (κ1) is 19.4. The number of rotatable bonds is 4. The van der Waals surface area contributed by atoms with Gasteiger partial charge in [-0.2, -0.15) is 0 Å². The summed E-state index contributed by atoms with van der Waals surface area (Å²) in [5, 5.41) is 0.618. The molecule has 1 aliphatic heterocycles. The third-order valence-corrected chi connectivity index (χ3v) is 5.52. The first-order valence-electron chi connectivity index (χ1n) is 9.30. The highest BCUT2D eigenvalue weighted by Crippen LogP contribution is 2.22. The summed E-state index contributed by atoms with van der Waals surface area (Å²) in [7, 11) is 1.86. The predicted octanol–water partition coefficient (Wildman–Crippen LogP) is 4.16. The predicted molar refractivity (Wildman–Crippen MR) is 108 cm³/mol. The number of piperidine rings is 1. The van der Waals surface area contributed by atoms with Crippen LogP contribution in [0.3, 0.4) is 0 Å². The van der Waals surface area contributed by atoms with Crippen molar-refractivity contribution in [1.29, 1.82) is 0 Å². The van der Waals surface area contributed by atoms with Crippen molar-refractivity contribution in [2.75, 3.05) is 20.1 Å². The zero-order valence-electron chi connectivity index (χ0n) is 15.8. The van der Waals surface area contributed by atoms with Crippen LogP contribution in [0.4, 0.5) is 0 Å². The summed E-state index contributed by atoms with van der Waals surface area (Å²) >= 11 is 5.89. The first-order valence-corrected chi connectivity index (χ1v) is 9.68. The molecule has 0 spiro atoms. The third kappa shape index (κ3) is 4.69. The van der Waals surface area contributed by atoms with Gasteiger partial charge < -0.3 is 9.80 Å². The lowest BCUT2D eigenvalue weighted by atomic mass is 9.94. The number of likely N-dealkylation sites (tertiary alicyclic amines) is 1. The molecule has 0 radical (unpaired) electrons. The molecule has 1 fully saturated rings. The lowest BCUT2D eigenvalue weighted by Gasteiger charge is -2.33. The largest absolute Gasteiger partial charge is 0.341 e. The molecule has 0 aliphatic carbocycles. The van der Waals surface area contributed by atoms with Gasteiger partial charge in [-0.3, -0.25) is 9.59 Å². The van der Waals surface area contributed by atoms with E-state index in [2.05, 4.69) is 19.1 Å². The van der Waals surface area contributed by atoms with E-state index >= 15 is 0 Å². The number of amides is 2. The second-order valence-electron chi connectivity index (χ2n) is 7.19. The summed E-state index contributed by atoms with van der Waals surface area (Å²) < 4.78 is 0. The van der Waals surface area contributed by atoms with Gasteiger partial charge in [0, 0.05) is 43.2 Å². The van der Waals surface area contributed by atoms with E-state index in [0.717, 1.165) is 0 Å². The molecule has 1 saturated heterocycles. The Bertz CT molecular complexity index is 811. The summed E-state index contributed by atoms with van der Waals surface area (Å²) in [6.45, 7) is 3.90. The van der Waals surface area contributed by atoms with Gasteiger partial charge in [-0.25, -0.2) is 0 Å². The van der Waals surface area contributed by atoms with E-state index in [9.17, 15) is 9.59 Å². The molecule has 2 aromatic rings. The average molecular weight is 385 g/mol. The van der Waals surface area contributed by atoms with E-state index in [0.29, 0.717) is 43.1 Å². The molecule has 142 valence electrons. The van der Waals surface area contributed by atoms with Crippen molar-refractivity contribution in [3.05, 3.63) is 70.2 Å². The monoisotopic (exact) mass is 384 g/mol. The molecule has 0 saturated carbocycles. The van der Waals surface area contributed by atoms with Crippen LogP contribution in [0.25, 0.3) is 0 Å². The maximum absolute atomic E-state index is 12.8. The minimum Gasteiger partial charge on any atom is -0.341 e. The van der Waals surface area contributed by atoms with E-state index in [4.69, 9.17) is 11.6 Å². The van der Waals surface area contributed by atoms with Gasteiger partial charge in [-0.05, 0) is 55.2 Å². The quantitative estimate of drug-likeness (QED) is 0.794. The highest BCUT2D eigenvalue weighted by molar-refractivity contribution is 6.30. The van der Waals surface area contributed by atoms with Crippen molar-refractivity contribution < 1.29 is 9.59 Å². The van der Waals surface area contributed by atoms with Crippen LogP contribution in [-0.4, -0.2) is 41.8 Å². The fourth-order valence-electron chi connectivity index (χ4n) is 3.54. The molecule has 5 heteroatoms. The fourth-order valence-corrected chi connectivity index (χ4v) is 3.66. The van der Waals surface area contributed by atoms with Gasteiger partial charge in [0.25, 0.3) is 5.91 Å². The topological polar surface area (TPSA) is 40.6 Å². The minimum atomic E-state index is -0.0201. The average Bonchev–Trinajstić information content (AvgIpc) is 2.69. The SMILES string of the molecule is Cc1ccccc1CN(C)C(=O)C1CCN(C(=O)c2ccc(Cl)cc2)CC1. The molecule has 0 aromatic heterocycles. The van der Waals surface area contributed by atoms with Gasteiger partial charge in [-0.1, -0.05) is 35.9 Å². The van der Waals surface area contributed by atoms with E-state index in [-0.39, 0.29) is 17.7 Å². The van der Waals surface area contributed by atoms with Gasteiger partial charge in [0.1, 0.15) is 0 Å². The molecule has 1 heterocycles. The maximum atomic E-state index is 12.8. The Morgan fingerprint density at radius 1 is 1.07 bits per heavy atom. The third-order valence-electron chi connectivity index (χ3n) is 5.27. The van der Waals surface area contributed by atoms with Crippen LogP contribution in [0.1, 0.15) is 34.3 Å². The maximum Gasteiger partial charge on any atom is 0.253 e. The van der Waals surface area contributed by atoms with E-state index in [1.54, 1.807) is 24.3 Å². The number of nitrogens with zero attached hydrogens (tertiary/aromatic N) is 2. The summed E-state index contributed by atoms with van der Waals surface area (Å²) in [6.07, 6.45) is 1.41. The summed E-state index contributed by atoms with van der Waals surface area (Å²) in [5.41, 5.74) is 3.00. The van der Waals surface area contributed by atoms with Crippen molar-refractivity contribution in [2.45, 2.75) is 26.3 Å². The van der Waals surface area contributed by atoms with Gasteiger partial charge in [0.05, 0.1) is 0 Å². The Balaban J connectivity index is 1.55. The highest BCUT2D eigenvalue weighted by atomic mass is 35.5. The van der Waals surface area contributed by atoms with Crippen LogP contribution in [0.15, 0.2) is 48.5 Å². The number of hydrogen-bond acceptors (Lipinski definition) is 2. The number of carbonyl (C=O) groups is 2. The Morgan fingerprint density at radius 3 is 2.33 bits per heavy atom. The number of halogens is 1. The standard InChI is InChI=1S/C22H25ClN2O2/c1-16-5-3-4-6-19(16)15-24(2)21(26)18-11-13-25(14-12-18)22(27)17-7-9-20(23)10-8-17/h3-10,18H,11-15H2,1-2H3. The normalized spacial score (nSPS) is 14.9. The molecule has 3 rings (SSSR count). The highest BCUT2D eigenvalue weighted by Gasteiger charge is 2.29. The molecular formula is C22H25ClN2O2. The van der Waals surface area contributed by atoms with Crippen molar-refractivity contribution in [3.8, 4) is 0 Å². The minimum absolute atomic E-state index is 0.00540. The zero-order chi connectivity index (χ0) is 19.4. The van der Waals surface area contributed by atoms with Gasteiger partial charge in [0.2, 0.25) is 5.91 Å². The van der Waals surface area contributed by atoms with Crippen LogP contribution in [0.2, 0.25) is 5.02 Å². The number of hydrogen-bond donors (Lipinski definition) is 0. The smallest absolute Gasteiger partial charge is 0.253 e. The van der Waals surface area contributed by atoms with Gasteiger partial charge in [-0.15, -0.1) is 0 Å². The molecular weight excluding hydrogens is 360 g/mol. The molecule has 1 aliphatic rings. The number of aryl methyl sites for hydroxylation is 1. The van der Waals surface area contributed by atoms with Gasteiger partial charge >= 0.3 is 0 Å². The summed E-state index contributed by atoms with van der Waals surface area (Å²) in [5.74, 6) is 0.149. The van der Waals surface area contributed by atoms with Crippen LogP contribution in [-0.2, 0) is 11.3 Å². The Labute approximate surface area is 165 Å².